The molecular formula is C16H30N4. The average Bonchev–Trinajstić information content (AvgIpc) is 3.19. The molecule has 114 valence electrons. The van der Waals surface area contributed by atoms with Gasteiger partial charge in [-0.15, -0.1) is 5.10 Å². The van der Waals surface area contributed by atoms with E-state index in [2.05, 4.69) is 34.1 Å². The SMILES string of the molecule is CCCCCCC(CCCCC)c1nnnn1C1CC1. The zero-order chi connectivity index (χ0) is 14.2. The van der Waals surface area contributed by atoms with E-state index in [4.69, 9.17) is 0 Å². The molecule has 1 aliphatic rings. The minimum atomic E-state index is 0.578. The quantitative estimate of drug-likeness (QED) is 0.554. The van der Waals surface area contributed by atoms with E-state index in [-0.39, 0.29) is 0 Å². The molecule has 2 rings (SSSR count). The summed E-state index contributed by atoms with van der Waals surface area (Å²) in [6.07, 6.45) is 14.3. The largest absolute Gasteiger partial charge is 0.226 e. The molecule has 4 heteroatoms. The van der Waals surface area contributed by atoms with Gasteiger partial charge in [0.2, 0.25) is 0 Å². The predicted molar refractivity (Wildman–Crippen MR) is 81.7 cm³/mol. The molecule has 1 heterocycles. The molecule has 1 fully saturated rings. The van der Waals surface area contributed by atoms with Crippen molar-refractivity contribution in [2.45, 2.75) is 96.4 Å². The van der Waals surface area contributed by atoms with Gasteiger partial charge in [-0.3, -0.25) is 0 Å². The maximum atomic E-state index is 4.36. The zero-order valence-corrected chi connectivity index (χ0v) is 13.2. The first kappa shape index (κ1) is 15.5. The van der Waals surface area contributed by atoms with Crippen LogP contribution in [0.25, 0.3) is 0 Å². The third-order valence-corrected chi connectivity index (χ3v) is 4.34. The van der Waals surface area contributed by atoms with E-state index in [0.717, 1.165) is 0 Å². The van der Waals surface area contributed by atoms with Crippen LogP contribution in [0.2, 0.25) is 0 Å². The van der Waals surface area contributed by atoms with Crippen LogP contribution < -0.4 is 0 Å². The maximum Gasteiger partial charge on any atom is 0.154 e. The Kier molecular flexibility index (Phi) is 6.48. The molecule has 0 radical (unpaired) electrons. The Morgan fingerprint density at radius 3 is 2.30 bits per heavy atom. The van der Waals surface area contributed by atoms with Crippen LogP contribution in [-0.2, 0) is 0 Å². The highest BCUT2D eigenvalue weighted by atomic mass is 15.6. The smallest absolute Gasteiger partial charge is 0.154 e. The number of nitrogens with zero attached hydrogens (tertiary/aromatic N) is 4. The summed E-state index contributed by atoms with van der Waals surface area (Å²) in [7, 11) is 0. The van der Waals surface area contributed by atoms with Crippen molar-refractivity contribution < 1.29 is 0 Å². The van der Waals surface area contributed by atoms with E-state index in [9.17, 15) is 0 Å². The van der Waals surface area contributed by atoms with Crippen molar-refractivity contribution in [2.75, 3.05) is 0 Å². The summed E-state index contributed by atoms with van der Waals surface area (Å²) in [5.74, 6) is 1.74. The molecule has 0 aliphatic heterocycles. The maximum absolute atomic E-state index is 4.36. The van der Waals surface area contributed by atoms with Crippen molar-refractivity contribution in [3.63, 3.8) is 0 Å². The second-order valence-electron chi connectivity index (χ2n) is 6.25. The molecular weight excluding hydrogens is 248 g/mol. The Labute approximate surface area is 123 Å². The fourth-order valence-corrected chi connectivity index (χ4v) is 2.91. The number of tetrazole rings is 1. The molecule has 0 spiro atoms. The number of aromatic nitrogens is 4. The molecule has 1 aliphatic carbocycles. The minimum absolute atomic E-state index is 0.578. The van der Waals surface area contributed by atoms with Gasteiger partial charge in [-0.25, -0.2) is 4.68 Å². The minimum Gasteiger partial charge on any atom is -0.226 e. The lowest BCUT2D eigenvalue weighted by molar-refractivity contribution is 0.453. The normalized spacial score (nSPS) is 16.5. The Balaban J connectivity index is 1.91. The Morgan fingerprint density at radius 2 is 1.65 bits per heavy atom. The van der Waals surface area contributed by atoms with Gasteiger partial charge in [-0.1, -0.05) is 58.8 Å². The number of unbranched alkanes of at least 4 members (excludes halogenated alkanes) is 5. The lowest BCUT2D eigenvalue weighted by Crippen LogP contribution is -2.10. The number of hydrogen-bond acceptors (Lipinski definition) is 3. The van der Waals surface area contributed by atoms with Crippen molar-refractivity contribution in [2.24, 2.45) is 0 Å². The highest BCUT2D eigenvalue weighted by molar-refractivity contribution is 4.98. The summed E-state index contributed by atoms with van der Waals surface area (Å²) in [6.45, 7) is 4.54. The summed E-state index contributed by atoms with van der Waals surface area (Å²) in [6, 6.07) is 0.601. The van der Waals surface area contributed by atoms with Crippen molar-refractivity contribution in [3.8, 4) is 0 Å². The molecule has 0 bridgehead atoms. The van der Waals surface area contributed by atoms with E-state index in [0.29, 0.717) is 12.0 Å². The van der Waals surface area contributed by atoms with E-state index < -0.39 is 0 Å². The molecule has 20 heavy (non-hydrogen) atoms. The number of hydrogen-bond donors (Lipinski definition) is 0. The first-order chi connectivity index (χ1) is 9.86. The highest BCUT2D eigenvalue weighted by Crippen LogP contribution is 2.37. The van der Waals surface area contributed by atoms with Gasteiger partial charge < -0.3 is 0 Å². The van der Waals surface area contributed by atoms with E-state index in [1.54, 1.807) is 0 Å². The van der Waals surface area contributed by atoms with E-state index in [1.165, 1.54) is 76.5 Å². The first-order valence-corrected chi connectivity index (χ1v) is 8.64. The Morgan fingerprint density at radius 1 is 1.00 bits per heavy atom. The van der Waals surface area contributed by atoms with Crippen LogP contribution in [0.4, 0.5) is 0 Å². The van der Waals surface area contributed by atoms with Crippen LogP contribution in [0.3, 0.4) is 0 Å². The second-order valence-corrected chi connectivity index (χ2v) is 6.25. The summed E-state index contributed by atoms with van der Waals surface area (Å²) in [5, 5.41) is 12.5. The van der Waals surface area contributed by atoms with Gasteiger partial charge in [-0.2, -0.15) is 0 Å². The predicted octanol–water partition coefficient (Wildman–Crippen LogP) is 4.64. The van der Waals surface area contributed by atoms with Crippen LogP contribution in [0.15, 0.2) is 0 Å². The van der Waals surface area contributed by atoms with Crippen LogP contribution in [0, 0.1) is 0 Å². The average molecular weight is 278 g/mol. The van der Waals surface area contributed by atoms with Crippen LogP contribution >= 0.6 is 0 Å². The summed E-state index contributed by atoms with van der Waals surface area (Å²) in [5.41, 5.74) is 0. The Bertz CT molecular complexity index is 370. The lowest BCUT2D eigenvalue weighted by Gasteiger charge is -2.16. The third kappa shape index (κ3) is 4.57. The van der Waals surface area contributed by atoms with Gasteiger partial charge in [0.05, 0.1) is 6.04 Å². The van der Waals surface area contributed by atoms with Crippen LogP contribution in [-0.4, -0.2) is 20.2 Å². The topological polar surface area (TPSA) is 43.6 Å². The molecule has 1 aromatic heterocycles. The fourth-order valence-electron chi connectivity index (χ4n) is 2.91. The van der Waals surface area contributed by atoms with Crippen molar-refractivity contribution in [1.82, 2.24) is 20.2 Å². The van der Waals surface area contributed by atoms with Gasteiger partial charge >= 0.3 is 0 Å². The molecule has 4 nitrogen and oxygen atoms in total. The monoisotopic (exact) mass is 278 g/mol. The van der Waals surface area contributed by atoms with Crippen molar-refractivity contribution in [1.29, 1.82) is 0 Å². The van der Waals surface area contributed by atoms with Gasteiger partial charge in [0, 0.05) is 5.92 Å². The van der Waals surface area contributed by atoms with Crippen LogP contribution in [0.1, 0.15) is 102 Å². The second kappa shape index (κ2) is 8.38. The molecule has 0 amide bonds. The van der Waals surface area contributed by atoms with E-state index >= 15 is 0 Å². The highest BCUT2D eigenvalue weighted by Gasteiger charge is 2.30. The van der Waals surface area contributed by atoms with Crippen LogP contribution in [0.5, 0.6) is 0 Å². The summed E-state index contributed by atoms with van der Waals surface area (Å²) in [4.78, 5) is 0. The van der Waals surface area contributed by atoms with Gasteiger partial charge in [-0.05, 0) is 36.1 Å². The molecule has 1 saturated carbocycles. The standard InChI is InChI=1S/C16H30N4/c1-3-5-7-9-11-14(10-8-6-4-2)16-17-18-19-20(16)15-12-13-15/h14-15H,3-13H2,1-2H3. The molecule has 1 unspecified atom stereocenters. The molecule has 0 saturated heterocycles. The van der Waals surface area contributed by atoms with E-state index in [1.807, 2.05) is 0 Å². The number of rotatable bonds is 11. The fraction of sp³-hybridized carbons (Fsp3) is 0.938. The van der Waals surface area contributed by atoms with Crippen molar-refractivity contribution >= 4 is 0 Å². The summed E-state index contributed by atoms with van der Waals surface area (Å²) < 4.78 is 2.12. The summed E-state index contributed by atoms with van der Waals surface area (Å²) >= 11 is 0. The van der Waals surface area contributed by atoms with Crippen molar-refractivity contribution in [3.05, 3.63) is 5.82 Å². The van der Waals surface area contributed by atoms with Gasteiger partial charge in [0.1, 0.15) is 0 Å². The molecule has 0 aromatic carbocycles. The third-order valence-electron chi connectivity index (χ3n) is 4.34. The molecule has 1 atom stereocenters. The van der Waals surface area contributed by atoms with Gasteiger partial charge in [0.15, 0.2) is 5.82 Å². The van der Waals surface area contributed by atoms with Gasteiger partial charge in [0.25, 0.3) is 0 Å². The zero-order valence-electron chi connectivity index (χ0n) is 13.2. The Hall–Kier alpha value is -0.930. The first-order valence-electron chi connectivity index (χ1n) is 8.64. The molecule has 0 N–H and O–H groups in total. The molecule has 1 aromatic rings. The lowest BCUT2D eigenvalue weighted by atomic mass is 9.94.